The summed E-state index contributed by atoms with van der Waals surface area (Å²) in [6, 6.07) is 14.0. The number of phenolic OH excluding ortho intramolecular Hbond substituents is 1. The van der Waals surface area contributed by atoms with E-state index in [1.54, 1.807) is 31.5 Å². The Morgan fingerprint density at radius 3 is 2.64 bits per heavy atom. The van der Waals surface area contributed by atoms with E-state index in [0.29, 0.717) is 13.1 Å². The molecule has 0 radical (unpaired) electrons. The summed E-state index contributed by atoms with van der Waals surface area (Å²) in [5.41, 5.74) is 1.23. The molecule has 0 heterocycles. The standard InChI is InChI=1S/C17H18N2O3/c1-22-14-8-6-13(7-9-14)12-18-10-11-19-17(21)15-4-2-3-5-16(15)20/h2-9,12,20H,10-11H2,1H3,(H,19,21). The molecule has 5 nitrogen and oxygen atoms in total. The number of hydrogen-bond acceptors (Lipinski definition) is 4. The van der Waals surface area contributed by atoms with Crippen molar-refractivity contribution in [1.82, 2.24) is 5.32 Å². The van der Waals surface area contributed by atoms with E-state index in [1.165, 1.54) is 6.07 Å². The first-order valence-corrected chi connectivity index (χ1v) is 6.91. The van der Waals surface area contributed by atoms with Gasteiger partial charge in [0.1, 0.15) is 11.5 Å². The van der Waals surface area contributed by atoms with Gasteiger partial charge in [-0.15, -0.1) is 0 Å². The van der Waals surface area contributed by atoms with Crippen LogP contribution in [0.2, 0.25) is 0 Å². The van der Waals surface area contributed by atoms with E-state index in [9.17, 15) is 9.90 Å². The molecule has 2 aromatic rings. The van der Waals surface area contributed by atoms with Crippen LogP contribution in [0, 0.1) is 0 Å². The van der Waals surface area contributed by atoms with Gasteiger partial charge in [0.05, 0.1) is 19.2 Å². The first kappa shape index (κ1) is 15.6. The number of amides is 1. The summed E-state index contributed by atoms with van der Waals surface area (Å²) in [5, 5.41) is 12.3. The average Bonchev–Trinajstić information content (AvgIpc) is 2.55. The van der Waals surface area contributed by atoms with Gasteiger partial charge in [-0.05, 0) is 42.0 Å². The smallest absolute Gasteiger partial charge is 0.255 e. The van der Waals surface area contributed by atoms with Crippen molar-refractivity contribution in [3.05, 3.63) is 59.7 Å². The average molecular weight is 298 g/mol. The zero-order valence-electron chi connectivity index (χ0n) is 12.3. The topological polar surface area (TPSA) is 70.9 Å². The van der Waals surface area contributed by atoms with Crippen LogP contribution in [0.25, 0.3) is 0 Å². The normalized spacial score (nSPS) is 10.6. The molecule has 114 valence electrons. The fourth-order valence-electron chi connectivity index (χ4n) is 1.85. The number of nitrogens with zero attached hydrogens (tertiary/aromatic N) is 1. The predicted molar refractivity (Wildman–Crippen MR) is 85.9 cm³/mol. The van der Waals surface area contributed by atoms with Gasteiger partial charge in [0, 0.05) is 12.8 Å². The number of carbonyl (C=O) groups is 1. The molecule has 2 rings (SSSR count). The largest absolute Gasteiger partial charge is 0.507 e. The number of benzene rings is 2. The molecule has 0 bridgehead atoms. The highest BCUT2D eigenvalue weighted by molar-refractivity contribution is 5.96. The lowest BCUT2D eigenvalue weighted by molar-refractivity contribution is 0.0952. The van der Waals surface area contributed by atoms with Crippen molar-refractivity contribution in [2.75, 3.05) is 20.2 Å². The number of hydrogen-bond donors (Lipinski definition) is 2. The maximum atomic E-state index is 11.8. The summed E-state index contributed by atoms with van der Waals surface area (Å²) in [5.74, 6) is 0.464. The molecule has 2 aromatic carbocycles. The van der Waals surface area contributed by atoms with Crippen molar-refractivity contribution in [3.8, 4) is 11.5 Å². The molecular formula is C17H18N2O3. The zero-order chi connectivity index (χ0) is 15.8. The number of ether oxygens (including phenoxy) is 1. The number of methoxy groups -OCH3 is 1. The molecule has 0 spiro atoms. The number of aromatic hydroxyl groups is 1. The van der Waals surface area contributed by atoms with Crippen molar-refractivity contribution in [1.29, 1.82) is 0 Å². The quantitative estimate of drug-likeness (QED) is 0.634. The van der Waals surface area contributed by atoms with E-state index in [2.05, 4.69) is 10.3 Å². The minimum atomic E-state index is -0.308. The Morgan fingerprint density at radius 1 is 1.23 bits per heavy atom. The number of carbonyl (C=O) groups excluding carboxylic acids is 1. The van der Waals surface area contributed by atoms with Gasteiger partial charge in [0.15, 0.2) is 0 Å². The second kappa shape index (κ2) is 7.83. The number of phenols is 1. The lowest BCUT2D eigenvalue weighted by Gasteiger charge is -2.05. The van der Waals surface area contributed by atoms with Crippen molar-refractivity contribution in [2.45, 2.75) is 0 Å². The molecule has 0 atom stereocenters. The second-order valence-electron chi connectivity index (χ2n) is 4.58. The van der Waals surface area contributed by atoms with Crippen molar-refractivity contribution in [2.24, 2.45) is 4.99 Å². The van der Waals surface area contributed by atoms with Crippen molar-refractivity contribution < 1.29 is 14.6 Å². The van der Waals surface area contributed by atoms with Crippen LogP contribution in [0.3, 0.4) is 0 Å². The molecule has 0 saturated heterocycles. The zero-order valence-corrected chi connectivity index (χ0v) is 12.3. The lowest BCUT2D eigenvalue weighted by atomic mass is 10.2. The van der Waals surface area contributed by atoms with Gasteiger partial charge in [-0.25, -0.2) is 0 Å². The summed E-state index contributed by atoms with van der Waals surface area (Å²) in [7, 11) is 1.62. The van der Waals surface area contributed by atoms with Gasteiger partial charge in [0.2, 0.25) is 0 Å². The van der Waals surface area contributed by atoms with Crippen LogP contribution >= 0.6 is 0 Å². The van der Waals surface area contributed by atoms with Crippen LogP contribution < -0.4 is 10.1 Å². The Kier molecular flexibility index (Phi) is 5.54. The summed E-state index contributed by atoms with van der Waals surface area (Å²) in [6.45, 7) is 0.866. The SMILES string of the molecule is COc1ccc(C=NCCNC(=O)c2ccccc2O)cc1. The molecule has 0 saturated carbocycles. The van der Waals surface area contributed by atoms with Gasteiger partial charge in [-0.3, -0.25) is 9.79 Å². The molecular weight excluding hydrogens is 280 g/mol. The summed E-state index contributed by atoms with van der Waals surface area (Å²) in [4.78, 5) is 16.1. The third kappa shape index (κ3) is 4.34. The Morgan fingerprint density at radius 2 is 1.95 bits per heavy atom. The Labute approximate surface area is 129 Å². The highest BCUT2D eigenvalue weighted by atomic mass is 16.5. The Bertz CT molecular complexity index is 651. The summed E-state index contributed by atoms with van der Waals surface area (Å²) in [6.07, 6.45) is 1.74. The number of rotatable bonds is 6. The molecule has 22 heavy (non-hydrogen) atoms. The van der Waals surface area contributed by atoms with E-state index in [0.717, 1.165) is 11.3 Å². The van der Waals surface area contributed by atoms with Crippen LogP contribution in [0.15, 0.2) is 53.5 Å². The van der Waals surface area contributed by atoms with Crippen LogP contribution in [0.1, 0.15) is 15.9 Å². The van der Waals surface area contributed by atoms with Crippen LogP contribution in [-0.4, -0.2) is 37.4 Å². The first-order chi connectivity index (χ1) is 10.7. The second-order valence-corrected chi connectivity index (χ2v) is 4.58. The molecule has 0 aliphatic heterocycles. The molecule has 0 fully saturated rings. The highest BCUT2D eigenvalue weighted by Crippen LogP contribution is 2.14. The van der Waals surface area contributed by atoms with E-state index in [-0.39, 0.29) is 17.2 Å². The Hall–Kier alpha value is -2.82. The summed E-state index contributed by atoms with van der Waals surface area (Å²) >= 11 is 0. The number of para-hydroxylation sites is 1. The van der Waals surface area contributed by atoms with Crippen LogP contribution in [0.5, 0.6) is 11.5 Å². The van der Waals surface area contributed by atoms with Gasteiger partial charge >= 0.3 is 0 Å². The van der Waals surface area contributed by atoms with Gasteiger partial charge in [0.25, 0.3) is 5.91 Å². The molecule has 1 amide bonds. The first-order valence-electron chi connectivity index (χ1n) is 6.91. The van der Waals surface area contributed by atoms with Gasteiger partial charge in [-0.1, -0.05) is 12.1 Å². The van der Waals surface area contributed by atoms with E-state index in [1.807, 2.05) is 24.3 Å². The number of aliphatic imine (C=N–C) groups is 1. The van der Waals surface area contributed by atoms with Crippen LogP contribution in [-0.2, 0) is 0 Å². The van der Waals surface area contributed by atoms with E-state index >= 15 is 0 Å². The maximum absolute atomic E-state index is 11.8. The molecule has 0 aromatic heterocycles. The van der Waals surface area contributed by atoms with Gasteiger partial charge in [-0.2, -0.15) is 0 Å². The molecule has 5 heteroatoms. The third-order valence-corrected chi connectivity index (χ3v) is 3.03. The molecule has 0 aliphatic rings. The fourth-order valence-corrected chi connectivity index (χ4v) is 1.85. The minimum absolute atomic E-state index is 0.0262. The lowest BCUT2D eigenvalue weighted by Crippen LogP contribution is -2.26. The third-order valence-electron chi connectivity index (χ3n) is 3.03. The monoisotopic (exact) mass is 298 g/mol. The fraction of sp³-hybridized carbons (Fsp3) is 0.176. The molecule has 2 N–H and O–H groups in total. The Balaban J connectivity index is 1.78. The minimum Gasteiger partial charge on any atom is -0.507 e. The van der Waals surface area contributed by atoms with E-state index < -0.39 is 0 Å². The molecule has 0 unspecified atom stereocenters. The highest BCUT2D eigenvalue weighted by Gasteiger charge is 2.08. The van der Waals surface area contributed by atoms with E-state index in [4.69, 9.17) is 4.74 Å². The van der Waals surface area contributed by atoms with Crippen molar-refractivity contribution in [3.63, 3.8) is 0 Å². The van der Waals surface area contributed by atoms with Crippen LogP contribution in [0.4, 0.5) is 0 Å². The molecule has 0 aliphatic carbocycles. The maximum Gasteiger partial charge on any atom is 0.255 e. The van der Waals surface area contributed by atoms with Crippen molar-refractivity contribution >= 4 is 12.1 Å². The predicted octanol–water partition coefficient (Wildman–Crippen LogP) is 2.25. The van der Waals surface area contributed by atoms with Gasteiger partial charge < -0.3 is 15.2 Å². The number of nitrogens with one attached hydrogen (secondary N) is 1. The summed E-state index contributed by atoms with van der Waals surface area (Å²) < 4.78 is 5.08.